The molecule has 1 aromatic heterocycles. The molecule has 0 aromatic carbocycles. The van der Waals surface area contributed by atoms with E-state index < -0.39 is 6.43 Å². The number of nitrogens with zero attached hydrogens (tertiary/aromatic N) is 2. The van der Waals surface area contributed by atoms with Gasteiger partial charge in [0.05, 0.1) is 12.2 Å². The highest BCUT2D eigenvalue weighted by atomic mass is 19.3. The van der Waals surface area contributed by atoms with E-state index in [1.54, 1.807) is 4.57 Å². The van der Waals surface area contributed by atoms with E-state index in [0.717, 1.165) is 36.6 Å². The van der Waals surface area contributed by atoms with Gasteiger partial charge in [-0.25, -0.2) is 13.8 Å². The molecule has 0 bridgehead atoms. The van der Waals surface area contributed by atoms with Gasteiger partial charge in [0.25, 0.3) is 6.43 Å². The Balaban J connectivity index is 2.32. The molecular formula is C12H19F2N3. The van der Waals surface area contributed by atoms with Crippen LogP contribution in [0.3, 0.4) is 0 Å². The molecule has 96 valence electrons. The largest absolute Gasteiger partial charge is 0.326 e. The molecule has 0 unspecified atom stereocenters. The van der Waals surface area contributed by atoms with Gasteiger partial charge in [0.2, 0.25) is 0 Å². The Labute approximate surface area is 100 Å². The Morgan fingerprint density at radius 3 is 2.82 bits per heavy atom. The number of halogens is 2. The van der Waals surface area contributed by atoms with Crippen LogP contribution in [0.5, 0.6) is 0 Å². The Morgan fingerprint density at radius 2 is 2.18 bits per heavy atom. The average molecular weight is 243 g/mol. The molecule has 0 atom stereocenters. The first-order chi connectivity index (χ1) is 8.08. The molecule has 5 heteroatoms. The van der Waals surface area contributed by atoms with Crippen LogP contribution in [0.15, 0.2) is 0 Å². The zero-order valence-electron chi connectivity index (χ0n) is 10.3. The van der Waals surface area contributed by atoms with E-state index in [2.05, 4.69) is 24.1 Å². The third kappa shape index (κ3) is 2.83. The molecule has 0 spiro atoms. The van der Waals surface area contributed by atoms with Gasteiger partial charge < -0.3 is 9.88 Å². The molecule has 1 aromatic rings. The van der Waals surface area contributed by atoms with Crippen molar-refractivity contribution < 1.29 is 8.78 Å². The van der Waals surface area contributed by atoms with Gasteiger partial charge in [-0.2, -0.15) is 0 Å². The van der Waals surface area contributed by atoms with Crippen LogP contribution in [-0.2, 0) is 25.9 Å². The maximum atomic E-state index is 12.6. The summed E-state index contributed by atoms with van der Waals surface area (Å²) in [6.45, 7) is 5.50. The number of rotatable bonds is 4. The number of fused-ring (bicyclic) bond motifs is 1. The summed E-state index contributed by atoms with van der Waals surface area (Å²) < 4.78 is 27.0. The monoisotopic (exact) mass is 243 g/mol. The van der Waals surface area contributed by atoms with Gasteiger partial charge in [0, 0.05) is 31.6 Å². The molecule has 1 aliphatic rings. The van der Waals surface area contributed by atoms with Crippen LogP contribution in [-0.4, -0.2) is 22.5 Å². The van der Waals surface area contributed by atoms with Crippen LogP contribution in [0.1, 0.15) is 31.1 Å². The summed E-state index contributed by atoms with van der Waals surface area (Å²) in [4.78, 5) is 4.51. The van der Waals surface area contributed by atoms with Crippen molar-refractivity contribution in [3.8, 4) is 0 Å². The zero-order chi connectivity index (χ0) is 12.4. The normalized spacial score (nSPS) is 15.6. The summed E-state index contributed by atoms with van der Waals surface area (Å²) in [6, 6.07) is 0. The van der Waals surface area contributed by atoms with Gasteiger partial charge in [-0.3, -0.25) is 0 Å². The highest BCUT2D eigenvalue weighted by molar-refractivity contribution is 5.20. The Morgan fingerprint density at radius 1 is 1.41 bits per heavy atom. The fourth-order valence-electron chi connectivity index (χ4n) is 2.30. The lowest BCUT2D eigenvalue weighted by atomic mass is 10.1. The van der Waals surface area contributed by atoms with Gasteiger partial charge in [0.15, 0.2) is 0 Å². The molecule has 0 amide bonds. The van der Waals surface area contributed by atoms with Gasteiger partial charge in [-0.05, 0) is 5.92 Å². The number of hydrogen-bond acceptors (Lipinski definition) is 2. The summed E-state index contributed by atoms with van der Waals surface area (Å²) in [5, 5.41) is 3.22. The zero-order valence-corrected chi connectivity index (χ0v) is 10.3. The van der Waals surface area contributed by atoms with Crippen molar-refractivity contribution in [2.24, 2.45) is 5.92 Å². The van der Waals surface area contributed by atoms with E-state index in [-0.39, 0.29) is 6.54 Å². The molecule has 0 fully saturated rings. The van der Waals surface area contributed by atoms with Crippen molar-refractivity contribution in [1.29, 1.82) is 0 Å². The summed E-state index contributed by atoms with van der Waals surface area (Å²) in [6.07, 6.45) is -0.749. The highest BCUT2D eigenvalue weighted by Crippen LogP contribution is 2.19. The summed E-state index contributed by atoms with van der Waals surface area (Å²) in [7, 11) is 0. The maximum absolute atomic E-state index is 12.6. The van der Waals surface area contributed by atoms with Crippen molar-refractivity contribution in [2.45, 2.75) is 46.2 Å². The first-order valence-corrected chi connectivity index (χ1v) is 6.14. The molecule has 1 aliphatic heterocycles. The quantitative estimate of drug-likeness (QED) is 0.876. The number of aromatic nitrogens is 2. The van der Waals surface area contributed by atoms with E-state index in [9.17, 15) is 8.78 Å². The minimum absolute atomic E-state index is 0.218. The van der Waals surface area contributed by atoms with Crippen molar-refractivity contribution in [1.82, 2.24) is 14.9 Å². The third-order valence-corrected chi connectivity index (χ3v) is 2.98. The van der Waals surface area contributed by atoms with E-state index in [0.29, 0.717) is 12.5 Å². The summed E-state index contributed by atoms with van der Waals surface area (Å²) in [5.41, 5.74) is 1.95. The van der Waals surface area contributed by atoms with Gasteiger partial charge in [0.1, 0.15) is 5.82 Å². The molecule has 0 saturated heterocycles. The molecule has 2 heterocycles. The third-order valence-electron chi connectivity index (χ3n) is 2.98. The lowest BCUT2D eigenvalue weighted by Crippen LogP contribution is -2.25. The van der Waals surface area contributed by atoms with Crippen LogP contribution >= 0.6 is 0 Å². The fraction of sp³-hybridized carbons (Fsp3) is 0.750. The average Bonchev–Trinajstić information content (AvgIpc) is 2.55. The lowest BCUT2D eigenvalue weighted by molar-refractivity contribution is 0.124. The second-order valence-corrected chi connectivity index (χ2v) is 4.95. The predicted molar refractivity (Wildman–Crippen MR) is 62.2 cm³/mol. The van der Waals surface area contributed by atoms with E-state index in [4.69, 9.17) is 0 Å². The van der Waals surface area contributed by atoms with Gasteiger partial charge in [-0.15, -0.1) is 0 Å². The van der Waals surface area contributed by atoms with Crippen LogP contribution in [0.25, 0.3) is 0 Å². The fourth-order valence-corrected chi connectivity index (χ4v) is 2.30. The van der Waals surface area contributed by atoms with Gasteiger partial charge >= 0.3 is 0 Å². The molecule has 0 saturated carbocycles. The Bertz CT molecular complexity index is 385. The standard InChI is InChI=1S/C12H19F2N3/c1-8(2)5-12-16-9-6-15-4-3-10(9)17(12)7-11(13)14/h8,11,15H,3-7H2,1-2H3. The Kier molecular flexibility index (Phi) is 3.76. The van der Waals surface area contributed by atoms with Crippen LogP contribution < -0.4 is 5.32 Å². The van der Waals surface area contributed by atoms with Crippen molar-refractivity contribution in [3.05, 3.63) is 17.2 Å². The second-order valence-electron chi connectivity index (χ2n) is 4.95. The predicted octanol–water partition coefficient (Wildman–Crippen LogP) is 1.99. The number of nitrogens with one attached hydrogen (secondary N) is 1. The molecule has 0 radical (unpaired) electrons. The minimum atomic E-state index is -2.31. The molecule has 2 rings (SSSR count). The van der Waals surface area contributed by atoms with Gasteiger partial charge in [-0.1, -0.05) is 13.8 Å². The lowest BCUT2D eigenvalue weighted by Gasteiger charge is -2.16. The SMILES string of the molecule is CC(C)Cc1nc2c(n1CC(F)F)CCNC2. The first kappa shape index (κ1) is 12.5. The number of imidazole rings is 1. The minimum Gasteiger partial charge on any atom is -0.326 e. The van der Waals surface area contributed by atoms with Crippen LogP contribution in [0.2, 0.25) is 0 Å². The topological polar surface area (TPSA) is 29.9 Å². The van der Waals surface area contributed by atoms with Crippen LogP contribution in [0.4, 0.5) is 8.78 Å². The van der Waals surface area contributed by atoms with Crippen molar-refractivity contribution >= 4 is 0 Å². The second kappa shape index (κ2) is 5.12. The molecule has 3 nitrogen and oxygen atoms in total. The molecular weight excluding hydrogens is 224 g/mol. The van der Waals surface area contributed by atoms with E-state index in [1.807, 2.05) is 0 Å². The van der Waals surface area contributed by atoms with E-state index in [1.165, 1.54) is 0 Å². The smallest absolute Gasteiger partial charge is 0.256 e. The summed E-state index contributed by atoms with van der Waals surface area (Å²) in [5.74, 6) is 1.25. The molecule has 17 heavy (non-hydrogen) atoms. The van der Waals surface area contributed by atoms with Crippen molar-refractivity contribution in [2.75, 3.05) is 6.54 Å². The van der Waals surface area contributed by atoms with Crippen molar-refractivity contribution in [3.63, 3.8) is 0 Å². The maximum Gasteiger partial charge on any atom is 0.256 e. The molecule has 0 aliphatic carbocycles. The summed E-state index contributed by atoms with van der Waals surface area (Å²) >= 11 is 0. The molecule has 1 N–H and O–H groups in total. The van der Waals surface area contributed by atoms with E-state index >= 15 is 0 Å². The highest BCUT2D eigenvalue weighted by Gasteiger charge is 2.21. The number of hydrogen-bond donors (Lipinski definition) is 1. The number of alkyl halides is 2. The van der Waals surface area contributed by atoms with Crippen LogP contribution in [0, 0.1) is 5.92 Å². The first-order valence-electron chi connectivity index (χ1n) is 6.14. The Hall–Kier alpha value is -0.970.